The summed E-state index contributed by atoms with van der Waals surface area (Å²) in [5, 5.41) is 12.2. The summed E-state index contributed by atoms with van der Waals surface area (Å²) in [6, 6.07) is 5.73. The van der Waals surface area contributed by atoms with Crippen LogP contribution in [0.25, 0.3) is 0 Å². The average molecular weight is 328 g/mol. The van der Waals surface area contributed by atoms with Crippen LogP contribution in [-0.2, 0) is 38.5 Å². The van der Waals surface area contributed by atoms with Crippen molar-refractivity contribution in [1.82, 2.24) is 0 Å². The molecule has 3 nitrogen and oxygen atoms in total. The third kappa shape index (κ3) is 5.85. The van der Waals surface area contributed by atoms with Gasteiger partial charge in [-0.3, -0.25) is 4.79 Å². The average Bonchev–Trinajstić information content (AvgIpc) is 2.44. The summed E-state index contributed by atoms with van der Waals surface area (Å²) in [6.07, 6.45) is 4.15. The molecular weight excluding hydrogens is 302 g/mol. The first-order valence-electron chi connectivity index (χ1n) is 7.15. The molecule has 1 unspecified atom stereocenters. The molecule has 0 aliphatic heterocycles. The van der Waals surface area contributed by atoms with Crippen LogP contribution in [0.5, 0.6) is 0 Å². The van der Waals surface area contributed by atoms with Gasteiger partial charge in [-0.2, -0.15) is 0 Å². The molecule has 0 saturated heterocycles. The van der Waals surface area contributed by atoms with Gasteiger partial charge in [0.1, 0.15) is 0 Å². The van der Waals surface area contributed by atoms with Crippen LogP contribution in [0.4, 0.5) is 5.69 Å². The van der Waals surface area contributed by atoms with Crippen molar-refractivity contribution in [1.29, 1.82) is 0 Å². The molecule has 0 spiro atoms. The lowest BCUT2D eigenvalue weighted by atomic mass is 10.1. The quantitative estimate of drug-likeness (QED) is 0.809. The van der Waals surface area contributed by atoms with Crippen molar-refractivity contribution in [3.05, 3.63) is 29.3 Å². The van der Waals surface area contributed by atoms with Crippen LogP contribution in [0, 0.1) is 0 Å². The summed E-state index contributed by atoms with van der Waals surface area (Å²) in [5.74, 6) is 0.000618. The smallest absolute Gasteiger partial charge is 0.224 e. The molecule has 118 valence electrons. The van der Waals surface area contributed by atoms with E-state index in [4.69, 9.17) is 11.2 Å². The lowest BCUT2D eigenvalue weighted by molar-refractivity contribution is -0.116. The summed E-state index contributed by atoms with van der Waals surface area (Å²) >= 11 is 5.33. The van der Waals surface area contributed by atoms with E-state index in [1.807, 2.05) is 24.5 Å². The highest BCUT2D eigenvalue weighted by Crippen LogP contribution is 2.20. The van der Waals surface area contributed by atoms with E-state index in [9.17, 15) is 9.90 Å². The number of aliphatic hydroxyl groups excluding tert-OH is 1. The molecule has 0 heterocycles. The van der Waals surface area contributed by atoms with Gasteiger partial charge in [0.05, 0.1) is 6.61 Å². The van der Waals surface area contributed by atoms with Gasteiger partial charge in [-0.15, -0.1) is 9.45 Å². The van der Waals surface area contributed by atoms with Crippen LogP contribution < -0.4 is 5.32 Å². The van der Waals surface area contributed by atoms with Crippen molar-refractivity contribution in [2.24, 2.45) is 0 Å². The summed E-state index contributed by atoms with van der Waals surface area (Å²) < 4.78 is 0.00813. The Kier molecular flexibility index (Phi) is 6.97. The Morgan fingerprint density at radius 1 is 1.33 bits per heavy atom. The fourth-order valence-electron chi connectivity index (χ4n) is 1.91. The second kappa shape index (κ2) is 8.01. The number of carbonyl (C=O) groups excluding carboxylic acids is 1. The number of anilines is 1. The van der Waals surface area contributed by atoms with Crippen LogP contribution in [-0.4, -0.2) is 22.0 Å². The summed E-state index contributed by atoms with van der Waals surface area (Å²) in [4.78, 5) is 12.1. The summed E-state index contributed by atoms with van der Waals surface area (Å²) in [5.41, 5.74) is 2.69. The molecule has 1 aromatic carbocycles. The molecule has 1 rings (SSSR count). The van der Waals surface area contributed by atoms with Gasteiger partial charge in [0.25, 0.3) is 0 Å². The minimum absolute atomic E-state index is 0.000618. The van der Waals surface area contributed by atoms with Crippen molar-refractivity contribution < 1.29 is 9.90 Å². The first kappa shape index (κ1) is 18.3. The predicted octanol–water partition coefficient (Wildman–Crippen LogP) is 2.95. The highest BCUT2D eigenvalue weighted by atomic mass is 32.8. The zero-order valence-electron chi connectivity index (χ0n) is 13.2. The first-order chi connectivity index (χ1) is 9.78. The minimum atomic E-state index is -0.129. The Morgan fingerprint density at radius 3 is 2.48 bits per heavy atom. The second-order valence-electron chi connectivity index (χ2n) is 5.81. The maximum atomic E-state index is 12.1. The fourth-order valence-corrected chi connectivity index (χ4v) is 2.55. The Morgan fingerprint density at radius 2 is 1.95 bits per heavy atom. The van der Waals surface area contributed by atoms with Gasteiger partial charge in [0.2, 0.25) is 5.91 Å². The third-order valence-electron chi connectivity index (χ3n) is 3.66. The predicted molar refractivity (Wildman–Crippen MR) is 94.3 cm³/mol. The molecule has 1 atom stereocenters. The van der Waals surface area contributed by atoms with Crippen LogP contribution in [0.3, 0.4) is 0 Å². The number of hydrogen-bond donors (Lipinski definition) is 2. The van der Waals surface area contributed by atoms with Crippen molar-refractivity contribution in [3.8, 4) is 0 Å². The lowest BCUT2D eigenvalue weighted by Crippen LogP contribution is -2.27. The first-order valence-corrected chi connectivity index (χ1v) is 9.71. The Bertz CT molecular complexity index is 505. The SMILES string of the molecule is CCc1cc(CO)cc(NC(=O)CCC(C)(C)S(C)=S)c1. The largest absolute Gasteiger partial charge is 0.392 e. The highest BCUT2D eigenvalue weighted by Gasteiger charge is 2.20. The van der Waals surface area contributed by atoms with E-state index in [0.717, 1.165) is 29.7 Å². The molecule has 0 aromatic heterocycles. The molecule has 0 aliphatic rings. The van der Waals surface area contributed by atoms with E-state index in [1.54, 1.807) is 0 Å². The van der Waals surface area contributed by atoms with Crippen LogP contribution >= 0.6 is 0 Å². The molecule has 5 heteroatoms. The zero-order chi connectivity index (χ0) is 16.0. The van der Waals surface area contributed by atoms with Crippen molar-refractivity contribution in [3.63, 3.8) is 0 Å². The number of benzene rings is 1. The number of nitrogens with one attached hydrogen (secondary N) is 1. The van der Waals surface area contributed by atoms with Crippen molar-refractivity contribution in [2.75, 3.05) is 11.6 Å². The molecule has 1 amide bonds. The molecule has 0 aliphatic carbocycles. The van der Waals surface area contributed by atoms with Crippen LogP contribution in [0.1, 0.15) is 44.7 Å². The van der Waals surface area contributed by atoms with Crippen molar-refractivity contribution >= 4 is 32.2 Å². The van der Waals surface area contributed by atoms with E-state index < -0.39 is 0 Å². The zero-order valence-corrected chi connectivity index (χ0v) is 14.9. The molecular formula is C16H25NO2S2. The number of carbonyl (C=O) groups is 1. The van der Waals surface area contributed by atoms with Gasteiger partial charge in [-0.1, -0.05) is 38.0 Å². The standard InChI is InChI=1S/C16H25NO2S2/c1-5-12-8-13(11-18)10-14(9-12)17-15(19)6-7-16(2,3)21(4)20/h8-10,18H,5-7,11H2,1-4H3,(H,17,19). The fraction of sp³-hybridized carbons (Fsp3) is 0.562. The summed E-state index contributed by atoms with van der Waals surface area (Å²) in [6.45, 7) is 6.25. The maximum absolute atomic E-state index is 12.1. The van der Waals surface area contributed by atoms with Gasteiger partial charge >= 0.3 is 0 Å². The minimum Gasteiger partial charge on any atom is -0.392 e. The molecule has 0 radical (unpaired) electrons. The molecule has 2 N–H and O–H groups in total. The lowest BCUT2D eigenvalue weighted by Gasteiger charge is -2.24. The third-order valence-corrected chi connectivity index (χ3v) is 6.77. The molecule has 1 aromatic rings. The monoisotopic (exact) mass is 327 g/mol. The topological polar surface area (TPSA) is 49.3 Å². The second-order valence-corrected chi connectivity index (χ2v) is 9.33. The van der Waals surface area contributed by atoms with E-state index in [1.165, 1.54) is 0 Å². The number of rotatable bonds is 7. The van der Waals surface area contributed by atoms with Crippen LogP contribution in [0.2, 0.25) is 0 Å². The van der Waals surface area contributed by atoms with E-state index >= 15 is 0 Å². The Labute approximate surface area is 134 Å². The van der Waals surface area contributed by atoms with Gasteiger partial charge in [-0.05, 0) is 42.4 Å². The van der Waals surface area contributed by atoms with Gasteiger partial charge in [0, 0.05) is 16.9 Å². The summed E-state index contributed by atoms with van der Waals surface area (Å²) in [7, 11) is -0.129. The normalized spacial score (nSPS) is 13.0. The number of aliphatic hydroxyl groups is 1. The Hall–Kier alpha value is -0.780. The molecule has 0 fully saturated rings. The molecule has 21 heavy (non-hydrogen) atoms. The number of aryl methyl sites for hydroxylation is 1. The molecule has 0 bridgehead atoms. The van der Waals surface area contributed by atoms with E-state index in [0.29, 0.717) is 6.42 Å². The molecule has 0 saturated carbocycles. The van der Waals surface area contributed by atoms with E-state index in [-0.39, 0.29) is 26.7 Å². The van der Waals surface area contributed by atoms with Crippen molar-refractivity contribution in [2.45, 2.75) is 51.4 Å². The maximum Gasteiger partial charge on any atom is 0.224 e. The Balaban J connectivity index is 2.69. The van der Waals surface area contributed by atoms with Gasteiger partial charge < -0.3 is 10.4 Å². The van der Waals surface area contributed by atoms with Crippen LogP contribution in [0.15, 0.2) is 18.2 Å². The highest BCUT2D eigenvalue weighted by molar-refractivity contribution is 8.29. The van der Waals surface area contributed by atoms with E-state index in [2.05, 4.69) is 26.1 Å². The number of amides is 1. The number of hydrogen-bond acceptors (Lipinski definition) is 3. The van der Waals surface area contributed by atoms with Gasteiger partial charge in [0.15, 0.2) is 0 Å². The van der Waals surface area contributed by atoms with Gasteiger partial charge in [-0.25, -0.2) is 0 Å².